The smallest absolute Gasteiger partial charge is 0.338 e. The second-order valence-electron chi connectivity index (χ2n) is 7.69. The summed E-state index contributed by atoms with van der Waals surface area (Å²) in [6.07, 6.45) is 0.0722. The zero-order valence-electron chi connectivity index (χ0n) is 18.8. The first kappa shape index (κ1) is 24.0. The number of carbonyl (C=O) groups excluding carboxylic acids is 4. The number of nitrogen functional groups attached to an aromatic ring is 1. The number of anilines is 2. The molecule has 35 heavy (non-hydrogen) atoms. The van der Waals surface area contributed by atoms with Gasteiger partial charge < -0.3 is 15.2 Å². The van der Waals surface area contributed by atoms with Crippen molar-refractivity contribution in [3.05, 3.63) is 83.9 Å². The minimum Gasteiger partial charge on any atom is -0.496 e. The second kappa shape index (κ2) is 10.4. The number of thioether (sulfide) groups is 1. The number of hydrogen-bond donors (Lipinski definition) is 1. The van der Waals surface area contributed by atoms with E-state index in [-0.39, 0.29) is 23.8 Å². The summed E-state index contributed by atoms with van der Waals surface area (Å²) in [4.78, 5) is 52.2. The second-order valence-corrected chi connectivity index (χ2v) is 8.97. The van der Waals surface area contributed by atoms with Gasteiger partial charge in [-0.3, -0.25) is 14.4 Å². The molecule has 0 aliphatic carbocycles. The van der Waals surface area contributed by atoms with Crippen LogP contribution in [0.25, 0.3) is 0 Å². The molecule has 3 aromatic rings. The summed E-state index contributed by atoms with van der Waals surface area (Å²) in [5, 5.41) is -0.545. The Morgan fingerprint density at radius 1 is 1.00 bits per heavy atom. The van der Waals surface area contributed by atoms with E-state index in [4.69, 9.17) is 15.2 Å². The van der Waals surface area contributed by atoms with Crippen LogP contribution >= 0.6 is 11.8 Å². The molecule has 0 aromatic heterocycles. The van der Waals surface area contributed by atoms with Crippen LogP contribution in [0.4, 0.5) is 11.4 Å². The number of carbonyl (C=O) groups is 4. The summed E-state index contributed by atoms with van der Waals surface area (Å²) in [5.74, 6) is -1.35. The lowest BCUT2D eigenvalue weighted by Gasteiger charge is -2.15. The van der Waals surface area contributed by atoms with Gasteiger partial charge in [-0.05, 0) is 60.7 Å². The number of amides is 2. The molecule has 1 aliphatic rings. The normalized spacial score (nSPS) is 15.2. The van der Waals surface area contributed by atoms with Crippen molar-refractivity contribution < 1.29 is 28.7 Å². The molecule has 178 valence electrons. The fraction of sp³-hybridized carbons (Fsp3) is 0.154. The van der Waals surface area contributed by atoms with Crippen molar-refractivity contribution in [2.24, 2.45) is 0 Å². The number of rotatable bonds is 8. The molecule has 8 nitrogen and oxygen atoms in total. The number of ketones is 1. The van der Waals surface area contributed by atoms with Crippen molar-refractivity contribution in [1.29, 1.82) is 0 Å². The van der Waals surface area contributed by atoms with E-state index in [1.807, 2.05) is 0 Å². The Morgan fingerprint density at radius 3 is 2.37 bits per heavy atom. The molecule has 0 saturated carbocycles. The molecule has 1 unspecified atom stereocenters. The van der Waals surface area contributed by atoms with Crippen molar-refractivity contribution in [1.82, 2.24) is 0 Å². The number of Topliss-reactive ketones (excluding diaryl/α,β-unsaturated/α-hetero) is 1. The van der Waals surface area contributed by atoms with Crippen molar-refractivity contribution >= 4 is 46.7 Å². The Hall–Kier alpha value is -4.11. The van der Waals surface area contributed by atoms with Gasteiger partial charge in [0.25, 0.3) is 0 Å². The maximum Gasteiger partial charge on any atom is 0.338 e. The van der Waals surface area contributed by atoms with Crippen molar-refractivity contribution in [2.45, 2.75) is 16.6 Å². The number of hydrogen-bond acceptors (Lipinski definition) is 8. The molecule has 0 bridgehead atoms. The van der Waals surface area contributed by atoms with Gasteiger partial charge in [0, 0.05) is 17.0 Å². The Morgan fingerprint density at radius 2 is 1.69 bits per heavy atom. The molecule has 2 N–H and O–H groups in total. The molecule has 3 aromatic carbocycles. The van der Waals surface area contributed by atoms with Gasteiger partial charge in [0.05, 0.1) is 29.2 Å². The van der Waals surface area contributed by atoms with Gasteiger partial charge in [-0.2, -0.15) is 0 Å². The van der Waals surface area contributed by atoms with Gasteiger partial charge in [-0.1, -0.05) is 12.1 Å². The van der Waals surface area contributed by atoms with E-state index in [0.717, 1.165) is 9.80 Å². The SMILES string of the molecule is COc1ccccc1C(=O)COC(=O)c1ccc(N2C(=O)CC(Sc3ccc(N)cc3)C2=O)cc1. The van der Waals surface area contributed by atoms with Crippen LogP contribution in [0.3, 0.4) is 0 Å². The van der Waals surface area contributed by atoms with E-state index in [1.54, 1.807) is 48.5 Å². The monoisotopic (exact) mass is 490 g/mol. The summed E-state index contributed by atoms with van der Waals surface area (Å²) in [6, 6.07) is 19.7. The minimum absolute atomic E-state index is 0.0722. The number of nitrogens with two attached hydrogens (primary N) is 1. The van der Waals surface area contributed by atoms with Crippen LogP contribution in [0.2, 0.25) is 0 Å². The number of benzene rings is 3. The highest BCUT2D eigenvalue weighted by atomic mass is 32.2. The average molecular weight is 491 g/mol. The van der Waals surface area contributed by atoms with Crippen molar-refractivity contribution in [2.75, 3.05) is 24.4 Å². The molecule has 2 amide bonds. The van der Waals surface area contributed by atoms with Crippen LogP contribution in [0.5, 0.6) is 5.75 Å². The topological polar surface area (TPSA) is 116 Å². The summed E-state index contributed by atoms with van der Waals surface area (Å²) < 4.78 is 10.3. The maximum absolute atomic E-state index is 12.9. The summed E-state index contributed by atoms with van der Waals surface area (Å²) in [7, 11) is 1.45. The highest BCUT2D eigenvalue weighted by Crippen LogP contribution is 2.34. The van der Waals surface area contributed by atoms with Gasteiger partial charge in [-0.25, -0.2) is 9.69 Å². The molecule has 1 saturated heterocycles. The maximum atomic E-state index is 12.9. The third-order valence-corrected chi connectivity index (χ3v) is 6.56. The molecule has 1 aliphatic heterocycles. The van der Waals surface area contributed by atoms with Gasteiger partial charge in [-0.15, -0.1) is 11.8 Å². The van der Waals surface area contributed by atoms with E-state index >= 15 is 0 Å². The molecule has 1 fully saturated rings. The van der Waals surface area contributed by atoms with E-state index in [9.17, 15) is 19.2 Å². The number of esters is 1. The Labute approximate surface area is 206 Å². The molecular formula is C26H22N2O6S. The highest BCUT2D eigenvalue weighted by Gasteiger charge is 2.40. The predicted molar refractivity (Wildman–Crippen MR) is 132 cm³/mol. The van der Waals surface area contributed by atoms with E-state index in [0.29, 0.717) is 22.7 Å². The molecule has 0 spiro atoms. The highest BCUT2D eigenvalue weighted by molar-refractivity contribution is 8.00. The summed E-state index contributed by atoms with van der Waals surface area (Å²) >= 11 is 1.31. The van der Waals surface area contributed by atoms with E-state index in [2.05, 4.69) is 0 Å². The predicted octanol–water partition coefficient (Wildman–Crippen LogP) is 3.74. The first-order chi connectivity index (χ1) is 16.9. The third-order valence-electron chi connectivity index (χ3n) is 5.37. The van der Waals surface area contributed by atoms with Crippen LogP contribution in [-0.4, -0.2) is 42.5 Å². The standard InChI is InChI=1S/C26H22N2O6S/c1-33-22-5-3-2-4-20(22)21(29)15-34-26(32)16-6-10-18(11-7-16)28-24(30)14-23(25(28)31)35-19-12-8-17(27)9-13-19/h2-13,23H,14-15,27H2,1H3. The average Bonchev–Trinajstić information content (AvgIpc) is 3.16. The Bertz CT molecular complexity index is 1270. The fourth-order valence-corrected chi connectivity index (χ4v) is 4.65. The molecule has 0 radical (unpaired) electrons. The van der Waals surface area contributed by atoms with Crippen LogP contribution in [0.1, 0.15) is 27.1 Å². The third kappa shape index (κ3) is 5.36. The lowest BCUT2D eigenvalue weighted by molar-refractivity contribution is -0.121. The number of ether oxygens (including phenoxy) is 2. The lowest BCUT2D eigenvalue weighted by Crippen LogP contribution is -2.31. The van der Waals surface area contributed by atoms with Crippen molar-refractivity contribution in [3.63, 3.8) is 0 Å². The minimum atomic E-state index is -0.698. The number of nitrogens with zero attached hydrogens (tertiary/aromatic N) is 1. The quantitative estimate of drug-likeness (QED) is 0.220. The molecular weight excluding hydrogens is 468 g/mol. The number of methoxy groups -OCH3 is 1. The fourth-order valence-electron chi connectivity index (χ4n) is 3.59. The molecule has 4 rings (SSSR count). The summed E-state index contributed by atoms with van der Waals surface area (Å²) in [6.45, 7) is -0.450. The van der Waals surface area contributed by atoms with E-state index in [1.165, 1.54) is 43.1 Å². The Kier molecular flexibility index (Phi) is 7.17. The zero-order chi connectivity index (χ0) is 24.9. The number of imide groups is 1. The van der Waals surface area contributed by atoms with E-state index < -0.39 is 23.6 Å². The van der Waals surface area contributed by atoms with Gasteiger partial charge in [0.1, 0.15) is 5.75 Å². The van der Waals surface area contributed by atoms with Gasteiger partial charge in [0.15, 0.2) is 6.61 Å². The first-order valence-corrected chi connectivity index (χ1v) is 11.6. The molecule has 9 heteroatoms. The van der Waals surface area contributed by atoms with Crippen molar-refractivity contribution in [3.8, 4) is 5.75 Å². The molecule has 1 heterocycles. The van der Waals surface area contributed by atoms with Crippen LogP contribution in [-0.2, 0) is 14.3 Å². The zero-order valence-corrected chi connectivity index (χ0v) is 19.6. The lowest BCUT2D eigenvalue weighted by atomic mass is 10.1. The van der Waals surface area contributed by atoms with Crippen LogP contribution in [0, 0.1) is 0 Å². The van der Waals surface area contributed by atoms with Gasteiger partial charge in [0.2, 0.25) is 17.6 Å². The number of para-hydroxylation sites is 1. The van der Waals surface area contributed by atoms with Crippen LogP contribution in [0.15, 0.2) is 77.7 Å². The molecule has 1 atom stereocenters. The van der Waals surface area contributed by atoms with Crippen LogP contribution < -0.4 is 15.4 Å². The van der Waals surface area contributed by atoms with Gasteiger partial charge >= 0.3 is 5.97 Å². The first-order valence-electron chi connectivity index (χ1n) is 10.7. The summed E-state index contributed by atoms with van der Waals surface area (Å²) in [5.41, 5.74) is 7.18. The Balaban J connectivity index is 1.38. The largest absolute Gasteiger partial charge is 0.496 e.